The van der Waals surface area contributed by atoms with Crippen LogP contribution < -0.4 is 0 Å². The summed E-state index contributed by atoms with van der Waals surface area (Å²) in [5.74, 6) is 1.79. The van der Waals surface area contributed by atoms with Gasteiger partial charge in [0, 0.05) is 13.7 Å². The van der Waals surface area contributed by atoms with Gasteiger partial charge in [0.2, 0.25) is 0 Å². The number of aromatic nitrogens is 4. The van der Waals surface area contributed by atoms with Crippen molar-refractivity contribution < 1.29 is 4.74 Å². The number of H-pyrrole nitrogens is 1. The number of imidazole rings is 2. The molecule has 5 heteroatoms. The van der Waals surface area contributed by atoms with Gasteiger partial charge in [-0.15, -0.1) is 0 Å². The molecule has 0 saturated carbocycles. The van der Waals surface area contributed by atoms with Crippen molar-refractivity contribution in [2.75, 3.05) is 13.7 Å². The zero-order valence-corrected chi connectivity index (χ0v) is 13.1. The first-order valence-corrected chi connectivity index (χ1v) is 7.26. The normalized spacial score (nSPS) is 10.5. The van der Waals surface area contributed by atoms with Crippen molar-refractivity contribution in [3.63, 3.8) is 0 Å². The first-order valence-electron chi connectivity index (χ1n) is 7.26. The van der Waals surface area contributed by atoms with Gasteiger partial charge in [0.1, 0.15) is 11.5 Å². The Hall–Kier alpha value is -2.14. The average Bonchev–Trinajstić information content (AvgIpc) is 3.10. The molecule has 1 aromatic carbocycles. The molecule has 0 aliphatic carbocycles. The van der Waals surface area contributed by atoms with Crippen LogP contribution in [0.4, 0.5) is 0 Å². The molecule has 0 bridgehead atoms. The van der Waals surface area contributed by atoms with E-state index in [1.165, 1.54) is 0 Å². The van der Waals surface area contributed by atoms with Crippen molar-refractivity contribution in [3.8, 4) is 11.5 Å². The monoisotopic (exact) mass is 286 g/mol. The largest absolute Gasteiger partial charge is 0.383 e. The number of hydrogen-bond acceptors (Lipinski definition) is 3. The summed E-state index contributed by atoms with van der Waals surface area (Å²) in [7, 11) is 1.71. The van der Waals surface area contributed by atoms with Crippen LogP contribution in [0.25, 0.3) is 22.6 Å². The Kier molecular flexibility index (Phi) is 5.11. The summed E-state index contributed by atoms with van der Waals surface area (Å²) in [6, 6.07) is 8.11. The molecule has 0 fully saturated rings. The highest BCUT2D eigenvalue weighted by Crippen LogP contribution is 2.23. The van der Waals surface area contributed by atoms with Crippen LogP contribution >= 0.6 is 0 Å². The smallest absolute Gasteiger partial charge is 0.159 e. The zero-order valence-electron chi connectivity index (χ0n) is 13.1. The van der Waals surface area contributed by atoms with Gasteiger partial charge in [0.05, 0.1) is 23.8 Å². The molecule has 0 aliphatic rings. The van der Waals surface area contributed by atoms with Crippen molar-refractivity contribution in [2.45, 2.75) is 27.3 Å². The SMILES string of the molecule is CC.COCCn1c(-c2cnc(C)[nH]2)nc2ccccc21. The molecule has 21 heavy (non-hydrogen) atoms. The Balaban J connectivity index is 0.000000774. The second-order valence-electron chi connectivity index (χ2n) is 4.45. The third kappa shape index (κ3) is 3.13. The molecule has 0 aliphatic heterocycles. The summed E-state index contributed by atoms with van der Waals surface area (Å²) in [5.41, 5.74) is 3.03. The minimum Gasteiger partial charge on any atom is -0.383 e. The third-order valence-corrected chi connectivity index (χ3v) is 3.12. The lowest BCUT2D eigenvalue weighted by atomic mass is 10.3. The van der Waals surface area contributed by atoms with Gasteiger partial charge >= 0.3 is 0 Å². The molecule has 0 saturated heterocycles. The molecule has 1 N–H and O–H groups in total. The Morgan fingerprint density at radius 2 is 2.00 bits per heavy atom. The van der Waals surface area contributed by atoms with E-state index in [1.54, 1.807) is 7.11 Å². The summed E-state index contributed by atoms with van der Waals surface area (Å²) in [6.45, 7) is 7.36. The fourth-order valence-electron chi connectivity index (χ4n) is 2.22. The van der Waals surface area contributed by atoms with Crippen molar-refractivity contribution in [1.82, 2.24) is 19.5 Å². The van der Waals surface area contributed by atoms with Gasteiger partial charge in [0.15, 0.2) is 5.82 Å². The molecule has 0 spiro atoms. The van der Waals surface area contributed by atoms with Crippen molar-refractivity contribution in [2.24, 2.45) is 0 Å². The predicted octanol–water partition coefficient (Wildman–Crippen LogP) is 3.41. The van der Waals surface area contributed by atoms with Crippen LogP contribution in [0.15, 0.2) is 30.5 Å². The third-order valence-electron chi connectivity index (χ3n) is 3.12. The number of rotatable bonds is 4. The number of para-hydroxylation sites is 2. The fraction of sp³-hybridized carbons (Fsp3) is 0.375. The molecule has 0 radical (unpaired) electrons. The van der Waals surface area contributed by atoms with Gasteiger partial charge in [-0.05, 0) is 19.1 Å². The second-order valence-corrected chi connectivity index (χ2v) is 4.45. The molecule has 3 rings (SSSR count). The number of aryl methyl sites for hydroxylation is 1. The molecule has 3 aromatic rings. The topological polar surface area (TPSA) is 55.7 Å². The van der Waals surface area contributed by atoms with Gasteiger partial charge in [-0.1, -0.05) is 26.0 Å². The molecule has 2 heterocycles. The van der Waals surface area contributed by atoms with Gasteiger partial charge < -0.3 is 14.3 Å². The van der Waals surface area contributed by atoms with Crippen molar-refractivity contribution in [1.29, 1.82) is 0 Å². The van der Waals surface area contributed by atoms with Crippen LogP contribution in [-0.4, -0.2) is 33.2 Å². The predicted molar refractivity (Wildman–Crippen MR) is 85.3 cm³/mol. The van der Waals surface area contributed by atoms with Crippen LogP contribution in [0, 0.1) is 6.92 Å². The second kappa shape index (κ2) is 7.04. The Bertz CT molecular complexity index is 699. The number of aromatic amines is 1. The molecule has 112 valence electrons. The number of hydrogen-bond donors (Lipinski definition) is 1. The quantitative estimate of drug-likeness (QED) is 0.799. The number of benzene rings is 1. The number of nitrogens with zero attached hydrogens (tertiary/aromatic N) is 3. The van der Waals surface area contributed by atoms with E-state index in [0.29, 0.717) is 6.61 Å². The van der Waals surface area contributed by atoms with Gasteiger partial charge in [0.25, 0.3) is 0 Å². The van der Waals surface area contributed by atoms with Gasteiger partial charge in [-0.25, -0.2) is 9.97 Å². The van der Waals surface area contributed by atoms with Crippen LogP contribution in [-0.2, 0) is 11.3 Å². The number of fused-ring (bicyclic) bond motifs is 1. The van der Waals surface area contributed by atoms with E-state index in [1.807, 2.05) is 45.2 Å². The van der Waals surface area contributed by atoms with Crippen molar-refractivity contribution >= 4 is 11.0 Å². The molecule has 0 amide bonds. The van der Waals surface area contributed by atoms with E-state index in [-0.39, 0.29) is 0 Å². The van der Waals surface area contributed by atoms with Crippen LogP contribution in [0.3, 0.4) is 0 Å². The van der Waals surface area contributed by atoms with Crippen LogP contribution in [0.2, 0.25) is 0 Å². The highest BCUT2D eigenvalue weighted by Gasteiger charge is 2.13. The van der Waals surface area contributed by atoms with Crippen molar-refractivity contribution in [3.05, 3.63) is 36.3 Å². The lowest BCUT2D eigenvalue weighted by Gasteiger charge is -2.07. The molecule has 0 atom stereocenters. The summed E-state index contributed by atoms with van der Waals surface area (Å²) in [4.78, 5) is 12.2. The molecule has 0 unspecified atom stereocenters. The number of nitrogens with one attached hydrogen (secondary N) is 1. The summed E-state index contributed by atoms with van der Waals surface area (Å²) < 4.78 is 7.34. The van der Waals surface area contributed by atoms with Crippen LogP contribution in [0.1, 0.15) is 19.7 Å². The first kappa shape index (κ1) is 15.3. The summed E-state index contributed by atoms with van der Waals surface area (Å²) >= 11 is 0. The van der Waals surface area contributed by atoms with E-state index >= 15 is 0 Å². The first-order chi connectivity index (χ1) is 10.3. The zero-order chi connectivity index (χ0) is 15.2. The Morgan fingerprint density at radius 1 is 1.24 bits per heavy atom. The van der Waals surface area contributed by atoms with Gasteiger partial charge in [-0.3, -0.25) is 0 Å². The van der Waals surface area contributed by atoms with E-state index in [4.69, 9.17) is 4.74 Å². The minimum atomic E-state index is 0.653. The lowest BCUT2D eigenvalue weighted by Crippen LogP contribution is -2.06. The molecule has 5 nitrogen and oxygen atoms in total. The Morgan fingerprint density at radius 3 is 2.67 bits per heavy atom. The highest BCUT2D eigenvalue weighted by atomic mass is 16.5. The number of methoxy groups -OCH3 is 1. The minimum absolute atomic E-state index is 0.653. The number of ether oxygens (including phenoxy) is 1. The Labute approximate surface area is 125 Å². The maximum Gasteiger partial charge on any atom is 0.159 e. The van der Waals surface area contributed by atoms with Crippen LogP contribution in [0.5, 0.6) is 0 Å². The average molecular weight is 286 g/mol. The maximum absolute atomic E-state index is 5.19. The highest BCUT2D eigenvalue weighted by molar-refractivity contribution is 5.79. The lowest BCUT2D eigenvalue weighted by molar-refractivity contribution is 0.188. The summed E-state index contributed by atoms with van der Waals surface area (Å²) in [6.07, 6.45) is 1.82. The molecular formula is C16H22N4O. The standard InChI is InChI=1S/C14H16N4O.C2H6/c1-10-15-9-12(16-10)14-17-11-5-3-4-6-13(11)18(14)7-8-19-2;1-2/h3-6,9H,7-8H2,1-2H3,(H,15,16);1-2H3. The fourth-order valence-corrected chi connectivity index (χ4v) is 2.22. The van der Waals surface area contributed by atoms with E-state index in [2.05, 4.69) is 25.6 Å². The van der Waals surface area contributed by atoms with E-state index in [0.717, 1.165) is 34.9 Å². The molecular weight excluding hydrogens is 264 g/mol. The summed E-state index contributed by atoms with van der Waals surface area (Å²) in [5, 5.41) is 0. The maximum atomic E-state index is 5.19. The molecule has 2 aromatic heterocycles. The van der Waals surface area contributed by atoms with Gasteiger partial charge in [-0.2, -0.15) is 0 Å². The van der Waals surface area contributed by atoms with E-state index in [9.17, 15) is 0 Å². The van der Waals surface area contributed by atoms with E-state index < -0.39 is 0 Å².